The molecule has 2 aromatic carbocycles. The van der Waals surface area contributed by atoms with Crippen LogP contribution in [0.1, 0.15) is 51.3 Å². The Labute approximate surface area is 155 Å². The molecule has 0 aromatic heterocycles. The summed E-state index contributed by atoms with van der Waals surface area (Å²) in [6.45, 7) is 16.5. The molecule has 0 aliphatic heterocycles. The highest BCUT2D eigenvalue weighted by Crippen LogP contribution is 2.53. The Kier molecular flexibility index (Phi) is 4.29. The molecule has 0 spiro atoms. The molecule has 0 amide bonds. The smallest absolute Gasteiger partial charge is 0.0570 e. The lowest BCUT2D eigenvalue weighted by Crippen LogP contribution is -2.67. The zero-order valence-electron chi connectivity index (χ0n) is 16.8. The van der Waals surface area contributed by atoms with Crippen LogP contribution in [0.25, 0.3) is 11.1 Å². The summed E-state index contributed by atoms with van der Waals surface area (Å²) in [5.74, 6) is 0. The Hall–Kier alpha value is -1.38. The van der Waals surface area contributed by atoms with Crippen molar-refractivity contribution in [2.45, 2.75) is 64.7 Å². The first-order valence-corrected chi connectivity index (χ1v) is 11.8. The Morgan fingerprint density at radius 1 is 0.840 bits per heavy atom. The van der Waals surface area contributed by atoms with Crippen LogP contribution in [0.4, 0.5) is 0 Å². The molecule has 2 N–H and O–H groups in total. The van der Waals surface area contributed by atoms with Gasteiger partial charge in [-0.2, -0.15) is 0 Å². The zero-order valence-corrected chi connectivity index (χ0v) is 17.8. The summed E-state index contributed by atoms with van der Waals surface area (Å²) in [4.78, 5) is 0. The van der Waals surface area contributed by atoms with Crippen LogP contribution in [0, 0.1) is 5.41 Å². The quantitative estimate of drug-likeness (QED) is 0.614. The van der Waals surface area contributed by atoms with E-state index in [1.54, 1.807) is 0 Å². The topological polar surface area (TPSA) is 26.0 Å². The van der Waals surface area contributed by atoms with Crippen LogP contribution in [-0.4, -0.2) is 14.3 Å². The lowest BCUT2D eigenvalue weighted by atomic mass is 9.64. The van der Waals surface area contributed by atoms with E-state index in [-0.39, 0.29) is 16.0 Å². The standard InChI is InChI=1S/C23H32NSi/c1-21(2,3)23(25(6)7,22(4,5)24)20-14-10-13-18-17-12-9-8-11-16(17)15-19(18)20/h8-14H,15,24H2,1-7H3. The van der Waals surface area contributed by atoms with Crippen LogP contribution in [0.15, 0.2) is 42.5 Å². The first kappa shape index (κ1) is 18.4. The molecule has 0 bridgehead atoms. The van der Waals surface area contributed by atoms with Gasteiger partial charge < -0.3 is 5.73 Å². The highest BCUT2D eigenvalue weighted by Gasteiger charge is 2.55. The first-order chi connectivity index (χ1) is 11.5. The Morgan fingerprint density at radius 3 is 2.00 bits per heavy atom. The van der Waals surface area contributed by atoms with Crippen molar-refractivity contribution in [3.8, 4) is 11.1 Å². The van der Waals surface area contributed by atoms with E-state index in [1.807, 2.05) is 0 Å². The van der Waals surface area contributed by atoms with Crippen molar-refractivity contribution in [3.05, 3.63) is 59.2 Å². The van der Waals surface area contributed by atoms with Crippen molar-refractivity contribution in [3.63, 3.8) is 0 Å². The molecule has 0 saturated carbocycles. The second-order valence-corrected chi connectivity index (χ2v) is 12.1. The number of nitrogens with two attached hydrogens (primary N) is 1. The van der Waals surface area contributed by atoms with E-state index in [0.29, 0.717) is 0 Å². The van der Waals surface area contributed by atoms with E-state index in [2.05, 4.69) is 90.2 Å². The maximum absolute atomic E-state index is 6.96. The lowest BCUT2D eigenvalue weighted by molar-refractivity contribution is 0.174. The molecule has 133 valence electrons. The molecule has 3 rings (SSSR count). The summed E-state index contributed by atoms with van der Waals surface area (Å²) in [6.07, 6.45) is 1.03. The summed E-state index contributed by atoms with van der Waals surface area (Å²) in [7, 11) is -0.732. The van der Waals surface area contributed by atoms with Crippen molar-refractivity contribution in [2.24, 2.45) is 11.1 Å². The molecule has 1 radical (unpaired) electrons. The van der Waals surface area contributed by atoms with E-state index in [4.69, 9.17) is 5.73 Å². The molecule has 2 heteroatoms. The predicted molar refractivity (Wildman–Crippen MR) is 112 cm³/mol. The molecule has 0 heterocycles. The maximum atomic E-state index is 6.96. The molecule has 1 unspecified atom stereocenters. The molecule has 25 heavy (non-hydrogen) atoms. The fourth-order valence-corrected chi connectivity index (χ4v) is 9.45. The fraction of sp³-hybridized carbons (Fsp3) is 0.478. The number of benzene rings is 2. The molecule has 1 atom stereocenters. The lowest BCUT2D eigenvalue weighted by Gasteiger charge is -2.57. The largest absolute Gasteiger partial charge is 0.325 e. The van der Waals surface area contributed by atoms with Crippen LogP contribution in [-0.2, 0) is 11.5 Å². The van der Waals surface area contributed by atoms with Crippen LogP contribution in [0.3, 0.4) is 0 Å². The minimum absolute atomic E-state index is 0.0158. The van der Waals surface area contributed by atoms with Crippen molar-refractivity contribution >= 4 is 8.80 Å². The normalized spacial score (nSPS) is 16.5. The van der Waals surface area contributed by atoms with Gasteiger partial charge in [0.05, 0.1) is 8.80 Å². The van der Waals surface area contributed by atoms with Crippen molar-refractivity contribution < 1.29 is 0 Å². The first-order valence-electron chi connectivity index (χ1n) is 9.32. The third kappa shape index (κ3) is 2.53. The second-order valence-electron chi connectivity index (χ2n) is 9.39. The van der Waals surface area contributed by atoms with Crippen LogP contribution in [0.5, 0.6) is 0 Å². The van der Waals surface area contributed by atoms with E-state index in [1.165, 1.54) is 27.8 Å². The molecular formula is C23H32NSi. The van der Waals surface area contributed by atoms with Gasteiger partial charge in [-0.05, 0) is 53.5 Å². The van der Waals surface area contributed by atoms with Gasteiger partial charge in [-0.25, -0.2) is 0 Å². The summed E-state index contributed by atoms with van der Waals surface area (Å²) >= 11 is 0. The second kappa shape index (κ2) is 5.82. The van der Waals surface area contributed by atoms with Gasteiger partial charge in [0, 0.05) is 10.6 Å². The van der Waals surface area contributed by atoms with E-state index in [0.717, 1.165) is 6.42 Å². The molecule has 2 aromatic rings. The number of fused-ring (bicyclic) bond motifs is 3. The highest BCUT2D eigenvalue weighted by molar-refractivity contribution is 6.60. The molecular weight excluding hydrogens is 318 g/mol. The fourth-order valence-electron chi connectivity index (χ4n) is 5.89. The Morgan fingerprint density at radius 2 is 1.44 bits per heavy atom. The van der Waals surface area contributed by atoms with Gasteiger partial charge >= 0.3 is 0 Å². The van der Waals surface area contributed by atoms with E-state index >= 15 is 0 Å². The summed E-state index contributed by atoms with van der Waals surface area (Å²) in [5.41, 5.74) is 14.0. The van der Waals surface area contributed by atoms with E-state index < -0.39 is 8.80 Å². The van der Waals surface area contributed by atoms with Gasteiger partial charge in [-0.15, -0.1) is 0 Å². The van der Waals surface area contributed by atoms with Crippen molar-refractivity contribution in [2.75, 3.05) is 0 Å². The molecule has 0 fully saturated rings. The zero-order chi connectivity index (χ0) is 18.6. The van der Waals surface area contributed by atoms with Crippen LogP contribution >= 0.6 is 0 Å². The SMILES string of the molecule is C[Si](C)C(c1cccc2c1Cc1ccccc1-2)(C(C)(C)C)C(C)(C)N. The summed E-state index contributed by atoms with van der Waals surface area (Å²) in [6, 6.07) is 15.7. The molecule has 0 saturated heterocycles. The number of hydrogen-bond acceptors (Lipinski definition) is 1. The minimum Gasteiger partial charge on any atom is -0.325 e. The average Bonchev–Trinajstić information content (AvgIpc) is 2.84. The third-order valence-corrected chi connectivity index (χ3v) is 9.26. The maximum Gasteiger partial charge on any atom is 0.0570 e. The van der Waals surface area contributed by atoms with Gasteiger partial charge in [-0.3, -0.25) is 0 Å². The molecule has 1 aliphatic rings. The predicted octanol–water partition coefficient (Wildman–Crippen LogP) is 5.57. The van der Waals surface area contributed by atoms with Gasteiger partial charge in [-0.1, -0.05) is 76.3 Å². The van der Waals surface area contributed by atoms with Crippen LogP contribution < -0.4 is 5.73 Å². The van der Waals surface area contributed by atoms with Gasteiger partial charge in [0.25, 0.3) is 0 Å². The molecule has 1 aliphatic carbocycles. The summed E-state index contributed by atoms with van der Waals surface area (Å²) < 4.78 is 0. The van der Waals surface area contributed by atoms with Gasteiger partial charge in [0.2, 0.25) is 0 Å². The highest BCUT2D eigenvalue weighted by atomic mass is 28.3. The van der Waals surface area contributed by atoms with Crippen molar-refractivity contribution in [1.29, 1.82) is 0 Å². The number of hydrogen-bond donors (Lipinski definition) is 1. The Balaban J connectivity index is 2.35. The van der Waals surface area contributed by atoms with Crippen molar-refractivity contribution in [1.82, 2.24) is 0 Å². The molecule has 1 nitrogen and oxygen atoms in total. The van der Waals surface area contributed by atoms with Gasteiger partial charge in [0.1, 0.15) is 0 Å². The van der Waals surface area contributed by atoms with Crippen LogP contribution in [0.2, 0.25) is 13.1 Å². The summed E-state index contributed by atoms with van der Waals surface area (Å²) in [5, 5.41) is -0.0158. The minimum atomic E-state index is -0.732. The van der Waals surface area contributed by atoms with Gasteiger partial charge in [0.15, 0.2) is 0 Å². The Bertz CT molecular complexity index is 776. The third-order valence-electron chi connectivity index (χ3n) is 6.10. The number of rotatable bonds is 3. The van der Waals surface area contributed by atoms with E-state index in [9.17, 15) is 0 Å². The monoisotopic (exact) mass is 350 g/mol. The average molecular weight is 351 g/mol.